The SMILES string of the molecule is Cc1cccc(C)c1CN1CCC(C)(C(=N)N)CC1. The summed E-state index contributed by atoms with van der Waals surface area (Å²) in [6.07, 6.45) is 1.99. The Morgan fingerprint density at radius 3 is 2.26 bits per heavy atom. The summed E-state index contributed by atoms with van der Waals surface area (Å²) in [7, 11) is 0. The molecule has 1 saturated heterocycles. The van der Waals surface area contributed by atoms with Crippen molar-refractivity contribution < 1.29 is 0 Å². The molecule has 3 N–H and O–H groups in total. The fraction of sp³-hybridized carbons (Fsp3) is 0.562. The number of nitrogens with one attached hydrogen (secondary N) is 1. The van der Waals surface area contributed by atoms with E-state index in [1.54, 1.807) is 0 Å². The standard InChI is InChI=1S/C16H25N3/c1-12-5-4-6-13(2)14(12)11-19-9-7-16(3,8-10-19)15(17)18/h4-6H,7-11H2,1-3H3,(H3,17,18). The Bertz CT molecular complexity index is 451. The van der Waals surface area contributed by atoms with Crippen molar-refractivity contribution in [2.24, 2.45) is 11.1 Å². The maximum absolute atomic E-state index is 7.70. The normalized spacial score (nSPS) is 19.3. The molecular formula is C16H25N3. The third kappa shape index (κ3) is 2.98. The molecule has 3 nitrogen and oxygen atoms in total. The van der Waals surface area contributed by atoms with Gasteiger partial charge in [-0.05, 0) is 56.5 Å². The zero-order valence-electron chi connectivity index (χ0n) is 12.3. The third-order valence-electron chi connectivity index (χ3n) is 4.64. The van der Waals surface area contributed by atoms with Gasteiger partial charge in [-0.3, -0.25) is 10.3 Å². The molecule has 1 aliphatic rings. The number of piperidine rings is 1. The van der Waals surface area contributed by atoms with Crippen molar-refractivity contribution in [2.45, 2.75) is 40.2 Å². The molecule has 1 heterocycles. The van der Waals surface area contributed by atoms with Gasteiger partial charge in [0.25, 0.3) is 0 Å². The van der Waals surface area contributed by atoms with Gasteiger partial charge in [-0.2, -0.15) is 0 Å². The van der Waals surface area contributed by atoms with Crippen LogP contribution in [0.25, 0.3) is 0 Å². The van der Waals surface area contributed by atoms with E-state index in [9.17, 15) is 0 Å². The second-order valence-electron chi connectivity index (χ2n) is 6.12. The van der Waals surface area contributed by atoms with Gasteiger partial charge >= 0.3 is 0 Å². The smallest absolute Gasteiger partial charge is 0.0966 e. The molecular weight excluding hydrogens is 234 g/mol. The van der Waals surface area contributed by atoms with E-state index in [4.69, 9.17) is 11.1 Å². The molecule has 0 amide bonds. The lowest BCUT2D eigenvalue weighted by Gasteiger charge is -2.38. The van der Waals surface area contributed by atoms with Crippen molar-refractivity contribution >= 4 is 5.84 Å². The van der Waals surface area contributed by atoms with E-state index in [-0.39, 0.29) is 5.41 Å². The van der Waals surface area contributed by atoms with Gasteiger partial charge in [0.05, 0.1) is 5.84 Å². The van der Waals surface area contributed by atoms with Gasteiger partial charge in [-0.25, -0.2) is 0 Å². The van der Waals surface area contributed by atoms with Crippen LogP contribution < -0.4 is 5.73 Å². The average Bonchev–Trinajstić information content (AvgIpc) is 2.36. The minimum atomic E-state index is -0.0860. The Morgan fingerprint density at radius 2 is 1.79 bits per heavy atom. The van der Waals surface area contributed by atoms with Crippen LogP contribution >= 0.6 is 0 Å². The summed E-state index contributed by atoms with van der Waals surface area (Å²) < 4.78 is 0. The van der Waals surface area contributed by atoms with Gasteiger partial charge in [-0.1, -0.05) is 25.1 Å². The van der Waals surface area contributed by atoms with Crippen LogP contribution in [-0.4, -0.2) is 23.8 Å². The number of hydrogen-bond donors (Lipinski definition) is 2. The lowest BCUT2D eigenvalue weighted by molar-refractivity contribution is 0.155. The van der Waals surface area contributed by atoms with Gasteiger partial charge in [0, 0.05) is 12.0 Å². The second kappa shape index (κ2) is 5.33. The Labute approximate surface area is 116 Å². The van der Waals surface area contributed by atoms with Crippen LogP contribution in [0.4, 0.5) is 0 Å². The highest BCUT2D eigenvalue weighted by molar-refractivity contribution is 5.83. The molecule has 0 saturated carbocycles. The van der Waals surface area contributed by atoms with Crippen molar-refractivity contribution in [3.63, 3.8) is 0 Å². The number of nitrogens with two attached hydrogens (primary N) is 1. The van der Waals surface area contributed by atoms with Crippen molar-refractivity contribution in [3.05, 3.63) is 34.9 Å². The molecule has 0 bridgehead atoms. The summed E-state index contributed by atoms with van der Waals surface area (Å²) >= 11 is 0. The van der Waals surface area contributed by atoms with Crippen molar-refractivity contribution in [2.75, 3.05) is 13.1 Å². The number of likely N-dealkylation sites (tertiary alicyclic amines) is 1. The number of benzene rings is 1. The minimum Gasteiger partial charge on any atom is -0.387 e. The molecule has 1 fully saturated rings. The molecule has 1 aliphatic heterocycles. The summed E-state index contributed by atoms with van der Waals surface area (Å²) in [4.78, 5) is 2.49. The van der Waals surface area contributed by atoms with Crippen LogP contribution in [0.2, 0.25) is 0 Å². The minimum absolute atomic E-state index is 0.0860. The summed E-state index contributed by atoms with van der Waals surface area (Å²) in [5.74, 6) is 0.347. The van der Waals surface area contributed by atoms with E-state index in [0.29, 0.717) is 5.84 Å². The molecule has 0 unspecified atom stereocenters. The Balaban J connectivity index is 2.02. The van der Waals surface area contributed by atoms with Gasteiger partial charge in [0.15, 0.2) is 0 Å². The Morgan fingerprint density at radius 1 is 1.26 bits per heavy atom. The van der Waals surface area contributed by atoms with Crippen LogP contribution in [0, 0.1) is 24.7 Å². The van der Waals surface area contributed by atoms with Gasteiger partial charge < -0.3 is 5.73 Å². The number of nitrogens with zero attached hydrogens (tertiary/aromatic N) is 1. The molecule has 2 rings (SSSR count). The van der Waals surface area contributed by atoms with Gasteiger partial charge in [0.1, 0.15) is 0 Å². The van der Waals surface area contributed by atoms with Crippen LogP contribution in [0.15, 0.2) is 18.2 Å². The average molecular weight is 259 g/mol. The third-order valence-corrected chi connectivity index (χ3v) is 4.64. The van der Waals surface area contributed by atoms with E-state index in [1.165, 1.54) is 16.7 Å². The van der Waals surface area contributed by atoms with Crippen molar-refractivity contribution in [1.29, 1.82) is 5.41 Å². The molecule has 0 aromatic heterocycles. The van der Waals surface area contributed by atoms with Crippen LogP contribution in [0.3, 0.4) is 0 Å². The molecule has 3 heteroatoms. The first-order valence-electron chi connectivity index (χ1n) is 7.04. The van der Waals surface area contributed by atoms with Crippen molar-refractivity contribution in [1.82, 2.24) is 4.90 Å². The Hall–Kier alpha value is -1.35. The van der Waals surface area contributed by atoms with E-state index in [2.05, 4.69) is 43.9 Å². The van der Waals surface area contributed by atoms with Crippen molar-refractivity contribution in [3.8, 4) is 0 Å². The largest absolute Gasteiger partial charge is 0.387 e. The zero-order valence-corrected chi connectivity index (χ0v) is 12.3. The highest BCUT2D eigenvalue weighted by Crippen LogP contribution is 2.31. The van der Waals surface area contributed by atoms with Crippen LogP contribution in [-0.2, 0) is 6.54 Å². The summed E-state index contributed by atoms with van der Waals surface area (Å²) in [5.41, 5.74) is 9.83. The monoisotopic (exact) mass is 259 g/mol. The summed E-state index contributed by atoms with van der Waals surface area (Å²) in [6.45, 7) is 9.57. The van der Waals surface area contributed by atoms with E-state index in [0.717, 1.165) is 32.5 Å². The predicted octanol–water partition coefficient (Wildman–Crippen LogP) is 2.84. The second-order valence-corrected chi connectivity index (χ2v) is 6.12. The lowest BCUT2D eigenvalue weighted by Crippen LogP contribution is -2.44. The predicted molar refractivity (Wildman–Crippen MR) is 80.4 cm³/mol. The molecule has 104 valence electrons. The number of hydrogen-bond acceptors (Lipinski definition) is 2. The molecule has 0 radical (unpaired) electrons. The van der Waals surface area contributed by atoms with Gasteiger partial charge in [0.2, 0.25) is 0 Å². The fourth-order valence-electron chi connectivity index (χ4n) is 2.80. The maximum atomic E-state index is 7.70. The highest BCUT2D eigenvalue weighted by Gasteiger charge is 2.32. The van der Waals surface area contributed by atoms with E-state index in [1.807, 2.05) is 0 Å². The quantitative estimate of drug-likeness (QED) is 0.648. The van der Waals surface area contributed by atoms with E-state index < -0.39 is 0 Å². The highest BCUT2D eigenvalue weighted by atomic mass is 15.1. The molecule has 1 aromatic carbocycles. The molecule has 1 aromatic rings. The topological polar surface area (TPSA) is 53.1 Å². The Kier molecular flexibility index (Phi) is 3.95. The molecule has 0 spiro atoms. The number of aryl methyl sites for hydroxylation is 2. The fourth-order valence-corrected chi connectivity index (χ4v) is 2.80. The molecule has 19 heavy (non-hydrogen) atoms. The maximum Gasteiger partial charge on any atom is 0.0966 e. The lowest BCUT2D eigenvalue weighted by atomic mass is 9.79. The van der Waals surface area contributed by atoms with E-state index >= 15 is 0 Å². The van der Waals surface area contributed by atoms with Gasteiger partial charge in [-0.15, -0.1) is 0 Å². The number of rotatable bonds is 3. The first-order chi connectivity index (χ1) is 8.92. The van der Waals surface area contributed by atoms with Crippen LogP contribution in [0.1, 0.15) is 36.5 Å². The van der Waals surface area contributed by atoms with Crippen LogP contribution in [0.5, 0.6) is 0 Å². The first kappa shape index (κ1) is 14.1. The zero-order chi connectivity index (χ0) is 14.0. The molecule has 0 atom stereocenters. The summed E-state index contributed by atoms with van der Waals surface area (Å²) in [5, 5.41) is 7.70. The molecule has 0 aliphatic carbocycles. The number of amidine groups is 1. The summed E-state index contributed by atoms with van der Waals surface area (Å²) in [6, 6.07) is 6.50. The first-order valence-corrected chi connectivity index (χ1v) is 7.04.